The van der Waals surface area contributed by atoms with E-state index in [1.807, 2.05) is 4.90 Å². The maximum atomic E-state index is 12.8. The van der Waals surface area contributed by atoms with Gasteiger partial charge in [-0.15, -0.1) is 8.78 Å². The number of alkyl halides is 3. The van der Waals surface area contributed by atoms with E-state index in [1.54, 1.807) is 18.3 Å². The Bertz CT molecular complexity index is 1170. The summed E-state index contributed by atoms with van der Waals surface area (Å²) in [4.78, 5) is 31.2. The highest BCUT2D eigenvalue weighted by molar-refractivity contribution is 6.20. The van der Waals surface area contributed by atoms with Crippen LogP contribution in [0.2, 0.25) is 0 Å². The van der Waals surface area contributed by atoms with Gasteiger partial charge in [0.05, 0.1) is 24.3 Å². The van der Waals surface area contributed by atoms with Gasteiger partial charge in [0.25, 0.3) is 5.91 Å². The number of carbonyl (C=O) groups excluding carboxylic acids is 2. The van der Waals surface area contributed by atoms with E-state index in [0.29, 0.717) is 42.3 Å². The normalized spacial score (nSPS) is 15.8. The molecule has 1 aromatic carbocycles. The fraction of sp³-hybridized carbons (Fsp3) is 0.273. The molecule has 3 aromatic rings. The number of rotatable bonds is 7. The van der Waals surface area contributed by atoms with Crippen molar-refractivity contribution in [2.24, 2.45) is 5.92 Å². The molecule has 34 heavy (non-hydrogen) atoms. The maximum absolute atomic E-state index is 12.8. The molecule has 1 amide bonds. The summed E-state index contributed by atoms with van der Waals surface area (Å²) in [7, 11) is 1.36. The Labute approximate surface area is 198 Å². The van der Waals surface area contributed by atoms with Crippen molar-refractivity contribution in [1.29, 1.82) is 0 Å². The number of benzene rings is 1. The van der Waals surface area contributed by atoms with Gasteiger partial charge in [0.15, 0.2) is 0 Å². The van der Waals surface area contributed by atoms with Gasteiger partial charge in [-0.1, -0.05) is 0 Å². The van der Waals surface area contributed by atoms with Crippen LogP contribution in [0.3, 0.4) is 0 Å². The number of H-pyrrole nitrogens is 1. The number of esters is 1. The quantitative estimate of drug-likeness (QED) is 0.381. The number of carbonyl (C=O) groups is 2. The van der Waals surface area contributed by atoms with E-state index in [9.17, 15) is 18.4 Å². The number of aromatic amines is 1. The van der Waals surface area contributed by atoms with Crippen molar-refractivity contribution in [1.82, 2.24) is 15.2 Å². The van der Waals surface area contributed by atoms with E-state index in [0.717, 1.165) is 0 Å². The first-order valence-electron chi connectivity index (χ1n) is 10.2. The fourth-order valence-corrected chi connectivity index (χ4v) is 3.78. The molecule has 2 aromatic heterocycles. The summed E-state index contributed by atoms with van der Waals surface area (Å²) in [6, 6.07) is 8.75. The predicted molar refractivity (Wildman–Crippen MR) is 120 cm³/mol. The molecule has 0 saturated carbocycles. The molecule has 178 valence electrons. The first-order valence-corrected chi connectivity index (χ1v) is 10.6. The highest BCUT2D eigenvalue weighted by Gasteiger charge is 2.31. The number of nitrogens with one attached hydrogen (secondary N) is 2. The average molecular weight is 492 g/mol. The molecule has 0 radical (unpaired) electrons. The van der Waals surface area contributed by atoms with E-state index >= 15 is 0 Å². The van der Waals surface area contributed by atoms with Crippen LogP contribution in [0.4, 0.5) is 20.3 Å². The minimum absolute atomic E-state index is 0.151. The molecule has 1 unspecified atom stereocenters. The number of aromatic nitrogens is 3. The van der Waals surface area contributed by atoms with Crippen LogP contribution in [0.1, 0.15) is 16.8 Å². The summed E-state index contributed by atoms with van der Waals surface area (Å²) < 4.78 is 34.6. The Morgan fingerprint density at radius 2 is 2.03 bits per heavy atom. The van der Waals surface area contributed by atoms with Crippen molar-refractivity contribution in [3.63, 3.8) is 0 Å². The Kier molecular flexibility index (Phi) is 6.64. The van der Waals surface area contributed by atoms with Crippen molar-refractivity contribution in [3.05, 3.63) is 54.4 Å². The largest absolute Gasteiger partial charge is 0.487 e. The zero-order chi connectivity index (χ0) is 24.3. The monoisotopic (exact) mass is 491 g/mol. The summed E-state index contributed by atoms with van der Waals surface area (Å²) in [5, 5.41) is 9.54. The lowest BCUT2D eigenvalue weighted by molar-refractivity contribution is -0.144. The molecule has 0 aliphatic carbocycles. The number of hydrogen-bond donors (Lipinski definition) is 2. The van der Waals surface area contributed by atoms with Crippen LogP contribution in [0, 0.1) is 5.92 Å². The molecule has 1 atom stereocenters. The minimum atomic E-state index is -3.83. The standard InChI is InChI=1S/C22H20ClF2N5O4/c1-33-21(32)13-7-9-30(12-13)19-17(18-6-8-27-29-18)10-14(11-26-19)20(31)28-15-2-4-16(5-3-15)34-22(23,24)25/h2-6,8,10-11,13H,7,9,12H2,1H3,(H,27,29)(H,28,31). The minimum Gasteiger partial charge on any atom is -0.469 e. The molecule has 0 bridgehead atoms. The van der Waals surface area contributed by atoms with Gasteiger partial charge in [-0.3, -0.25) is 14.7 Å². The Morgan fingerprint density at radius 1 is 1.26 bits per heavy atom. The summed E-state index contributed by atoms with van der Waals surface area (Å²) >= 11 is 4.75. The molecule has 3 heterocycles. The molecule has 12 heteroatoms. The molecular formula is C22H20ClF2N5O4. The van der Waals surface area contributed by atoms with E-state index < -0.39 is 11.5 Å². The third-order valence-electron chi connectivity index (χ3n) is 5.29. The van der Waals surface area contributed by atoms with Crippen LogP contribution < -0.4 is 15.0 Å². The molecule has 1 aliphatic heterocycles. The zero-order valence-corrected chi connectivity index (χ0v) is 18.7. The van der Waals surface area contributed by atoms with E-state index in [4.69, 9.17) is 16.3 Å². The third kappa shape index (κ3) is 5.42. The summed E-state index contributed by atoms with van der Waals surface area (Å²) in [5.74, 6) is -0.523. The molecule has 9 nitrogen and oxygen atoms in total. The molecular weight excluding hydrogens is 472 g/mol. The van der Waals surface area contributed by atoms with Crippen molar-refractivity contribution < 1.29 is 27.8 Å². The number of pyridine rings is 1. The van der Waals surface area contributed by atoms with Crippen LogP contribution in [-0.2, 0) is 9.53 Å². The Morgan fingerprint density at radius 3 is 2.68 bits per heavy atom. The van der Waals surface area contributed by atoms with Crippen LogP contribution in [-0.4, -0.2) is 52.8 Å². The summed E-state index contributed by atoms with van der Waals surface area (Å²) in [6.45, 7) is 1.05. The zero-order valence-electron chi connectivity index (χ0n) is 17.9. The molecule has 1 aliphatic rings. The summed E-state index contributed by atoms with van der Waals surface area (Å²) in [6.07, 6.45) is 3.65. The van der Waals surface area contributed by atoms with Crippen LogP contribution in [0.15, 0.2) is 48.8 Å². The maximum Gasteiger partial charge on any atom is 0.487 e. The van der Waals surface area contributed by atoms with Gasteiger partial charge in [0, 0.05) is 48.3 Å². The number of hydrogen-bond acceptors (Lipinski definition) is 7. The molecule has 0 spiro atoms. The van der Waals surface area contributed by atoms with Crippen molar-refractivity contribution >= 4 is 35.0 Å². The van der Waals surface area contributed by atoms with Gasteiger partial charge >= 0.3 is 11.5 Å². The Balaban J connectivity index is 1.54. The second kappa shape index (κ2) is 9.64. The lowest BCUT2D eigenvalue weighted by Crippen LogP contribution is -2.25. The van der Waals surface area contributed by atoms with E-state index in [-0.39, 0.29) is 23.2 Å². The number of amides is 1. The van der Waals surface area contributed by atoms with Gasteiger partial charge in [-0.05, 0) is 42.8 Å². The average Bonchev–Trinajstić information content (AvgIpc) is 3.51. The predicted octanol–water partition coefficient (Wildman–Crippen LogP) is 3.89. The van der Waals surface area contributed by atoms with Crippen molar-refractivity contribution in [3.8, 4) is 17.0 Å². The van der Waals surface area contributed by atoms with Crippen molar-refractivity contribution in [2.45, 2.75) is 12.0 Å². The third-order valence-corrected chi connectivity index (χ3v) is 5.36. The molecule has 4 rings (SSSR count). The molecule has 1 saturated heterocycles. The van der Waals surface area contributed by atoms with Gasteiger partial charge in [0.1, 0.15) is 11.6 Å². The van der Waals surface area contributed by atoms with Gasteiger partial charge in [-0.25, -0.2) is 4.98 Å². The van der Waals surface area contributed by atoms with Gasteiger partial charge in [0.2, 0.25) is 0 Å². The number of halogens is 3. The SMILES string of the molecule is COC(=O)C1CCN(c2ncc(C(=O)Nc3ccc(OC(F)(F)Cl)cc3)cc2-c2ccn[nH]2)C1. The molecule has 2 N–H and O–H groups in total. The van der Waals surface area contributed by atoms with Crippen LogP contribution in [0.5, 0.6) is 5.75 Å². The number of ether oxygens (including phenoxy) is 2. The molecule has 1 fully saturated rings. The van der Waals surface area contributed by atoms with Crippen LogP contribution in [0.25, 0.3) is 11.3 Å². The smallest absolute Gasteiger partial charge is 0.469 e. The number of anilines is 2. The highest BCUT2D eigenvalue weighted by Crippen LogP contribution is 2.33. The number of nitrogens with zero attached hydrogens (tertiary/aromatic N) is 3. The topological polar surface area (TPSA) is 109 Å². The first-order chi connectivity index (χ1) is 16.2. The lowest BCUT2D eigenvalue weighted by atomic mass is 10.1. The lowest BCUT2D eigenvalue weighted by Gasteiger charge is -2.20. The van der Waals surface area contributed by atoms with Gasteiger partial charge in [-0.2, -0.15) is 5.10 Å². The van der Waals surface area contributed by atoms with E-state index in [2.05, 4.69) is 25.2 Å². The Hall–Kier alpha value is -3.73. The van der Waals surface area contributed by atoms with Gasteiger partial charge < -0.3 is 19.7 Å². The summed E-state index contributed by atoms with van der Waals surface area (Å²) in [5.41, 5.74) is -1.90. The fourth-order valence-electron chi connectivity index (χ4n) is 3.69. The second-order valence-electron chi connectivity index (χ2n) is 7.55. The van der Waals surface area contributed by atoms with Crippen molar-refractivity contribution in [2.75, 3.05) is 30.4 Å². The van der Waals surface area contributed by atoms with Crippen LogP contribution >= 0.6 is 11.6 Å². The number of methoxy groups -OCH3 is 1. The second-order valence-corrected chi connectivity index (χ2v) is 7.99. The highest BCUT2D eigenvalue weighted by atomic mass is 35.5. The van der Waals surface area contributed by atoms with E-state index in [1.165, 1.54) is 37.6 Å². The first kappa shape index (κ1) is 23.4.